The number of rotatable bonds is 3. The van der Waals surface area contributed by atoms with Gasteiger partial charge >= 0.3 is 5.97 Å². The molecule has 1 aliphatic rings. The highest BCUT2D eigenvalue weighted by molar-refractivity contribution is 5.91. The van der Waals surface area contributed by atoms with E-state index in [9.17, 15) is 9.59 Å². The van der Waals surface area contributed by atoms with Crippen molar-refractivity contribution in [2.45, 2.75) is 26.2 Å². The van der Waals surface area contributed by atoms with E-state index in [2.05, 4.69) is 0 Å². The number of likely N-dealkylation sites (tertiary alicyclic amines) is 1. The average molecular weight is 251 g/mol. The molecule has 1 aromatic heterocycles. The summed E-state index contributed by atoms with van der Waals surface area (Å²) >= 11 is 0. The maximum Gasteiger partial charge on any atom is 0.303 e. The number of carboxylic acids is 1. The molecule has 5 nitrogen and oxygen atoms in total. The highest BCUT2D eigenvalue weighted by Gasteiger charge is 2.27. The number of aryl methyl sites for hydroxylation is 1. The molecule has 5 heteroatoms. The van der Waals surface area contributed by atoms with Gasteiger partial charge in [-0.1, -0.05) is 0 Å². The molecule has 2 heterocycles. The second-order valence-electron chi connectivity index (χ2n) is 4.77. The van der Waals surface area contributed by atoms with Crippen LogP contribution < -0.4 is 0 Å². The number of furan rings is 1. The van der Waals surface area contributed by atoms with E-state index in [4.69, 9.17) is 9.52 Å². The first-order chi connectivity index (χ1) is 8.56. The van der Waals surface area contributed by atoms with Crippen LogP contribution in [0.1, 0.15) is 35.6 Å². The molecule has 1 N–H and O–H groups in total. The minimum Gasteiger partial charge on any atom is -0.481 e. The summed E-state index contributed by atoms with van der Waals surface area (Å²) in [5, 5.41) is 8.79. The number of piperidine rings is 1. The predicted octanol–water partition coefficient (Wildman–Crippen LogP) is 1.91. The molecule has 0 spiro atoms. The third kappa shape index (κ3) is 2.91. The summed E-state index contributed by atoms with van der Waals surface area (Å²) in [6.45, 7) is 2.97. The smallest absolute Gasteiger partial charge is 0.303 e. The lowest BCUT2D eigenvalue weighted by Crippen LogP contribution is -2.40. The number of hydrogen-bond acceptors (Lipinski definition) is 3. The van der Waals surface area contributed by atoms with Crippen LogP contribution in [0.25, 0.3) is 0 Å². The number of carbonyl (C=O) groups is 2. The fourth-order valence-electron chi connectivity index (χ4n) is 2.37. The molecule has 1 atom stereocenters. The summed E-state index contributed by atoms with van der Waals surface area (Å²) in [6, 6.07) is 3.42. The molecule has 1 unspecified atom stereocenters. The Labute approximate surface area is 105 Å². The van der Waals surface area contributed by atoms with Crippen molar-refractivity contribution in [1.82, 2.24) is 4.90 Å². The Balaban J connectivity index is 2.00. The van der Waals surface area contributed by atoms with Gasteiger partial charge in [-0.3, -0.25) is 9.59 Å². The standard InChI is InChI=1S/C13H17NO4/c1-9-4-5-11(18-9)13(17)14-6-2-3-10(8-14)7-12(15)16/h4-5,10H,2-3,6-8H2,1H3,(H,15,16). The molecule has 0 aromatic carbocycles. The molecule has 1 aromatic rings. The van der Waals surface area contributed by atoms with Gasteiger partial charge in [0, 0.05) is 19.5 Å². The molecule has 0 aliphatic carbocycles. The number of hydrogen-bond donors (Lipinski definition) is 1. The number of amides is 1. The Morgan fingerprint density at radius 2 is 2.28 bits per heavy atom. The van der Waals surface area contributed by atoms with Gasteiger partial charge in [-0.2, -0.15) is 0 Å². The van der Waals surface area contributed by atoms with E-state index in [1.54, 1.807) is 24.0 Å². The minimum absolute atomic E-state index is 0.0521. The third-order valence-electron chi connectivity index (χ3n) is 3.22. The number of aliphatic carboxylic acids is 1. The van der Waals surface area contributed by atoms with Gasteiger partial charge < -0.3 is 14.4 Å². The lowest BCUT2D eigenvalue weighted by atomic mass is 9.95. The number of carboxylic acid groups (broad SMARTS) is 1. The molecule has 98 valence electrons. The molecule has 2 rings (SSSR count). The van der Waals surface area contributed by atoms with Crippen molar-refractivity contribution in [3.05, 3.63) is 23.7 Å². The zero-order valence-electron chi connectivity index (χ0n) is 10.4. The predicted molar refractivity (Wildman–Crippen MR) is 64.3 cm³/mol. The summed E-state index contributed by atoms with van der Waals surface area (Å²) < 4.78 is 5.31. The number of carbonyl (C=O) groups excluding carboxylic acids is 1. The number of nitrogens with zero attached hydrogens (tertiary/aromatic N) is 1. The van der Waals surface area contributed by atoms with Crippen LogP contribution in [-0.2, 0) is 4.79 Å². The van der Waals surface area contributed by atoms with Crippen LogP contribution in [-0.4, -0.2) is 35.0 Å². The average Bonchev–Trinajstić information content (AvgIpc) is 2.74. The summed E-state index contributed by atoms with van der Waals surface area (Å²) in [5.41, 5.74) is 0. The molecule has 18 heavy (non-hydrogen) atoms. The molecule has 0 radical (unpaired) electrons. The van der Waals surface area contributed by atoms with Crippen LogP contribution in [0.15, 0.2) is 16.5 Å². The van der Waals surface area contributed by atoms with Crippen LogP contribution in [0.4, 0.5) is 0 Å². The fraction of sp³-hybridized carbons (Fsp3) is 0.538. The Morgan fingerprint density at radius 3 is 2.89 bits per heavy atom. The van der Waals surface area contributed by atoms with Crippen molar-refractivity contribution >= 4 is 11.9 Å². The maximum atomic E-state index is 12.1. The van der Waals surface area contributed by atoms with E-state index in [0.717, 1.165) is 12.8 Å². The first-order valence-corrected chi connectivity index (χ1v) is 6.14. The second-order valence-corrected chi connectivity index (χ2v) is 4.77. The van der Waals surface area contributed by atoms with Crippen molar-refractivity contribution in [3.8, 4) is 0 Å². The molecular formula is C13H17NO4. The Morgan fingerprint density at radius 1 is 1.50 bits per heavy atom. The Hall–Kier alpha value is -1.78. The Kier molecular flexibility index (Phi) is 3.69. The first kappa shape index (κ1) is 12.7. The van der Waals surface area contributed by atoms with Crippen molar-refractivity contribution in [2.24, 2.45) is 5.92 Å². The first-order valence-electron chi connectivity index (χ1n) is 6.14. The lowest BCUT2D eigenvalue weighted by molar-refractivity contribution is -0.138. The SMILES string of the molecule is Cc1ccc(C(=O)N2CCCC(CC(=O)O)C2)o1. The summed E-state index contributed by atoms with van der Waals surface area (Å²) in [6.07, 6.45) is 1.84. The van der Waals surface area contributed by atoms with Crippen LogP contribution in [0.3, 0.4) is 0 Å². The maximum absolute atomic E-state index is 12.1. The molecular weight excluding hydrogens is 234 g/mol. The van der Waals surface area contributed by atoms with Gasteiger partial charge in [0.2, 0.25) is 0 Å². The highest BCUT2D eigenvalue weighted by atomic mass is 16.4. The van der Waals surface area contributed by atoms with Gasteiger partial charge in [-0.15, -0.1) is 0 Å². The zero-order chi connectivity index (χ0) is 13.1. The van der Waals surface area contributed by atoms with Gasteiger partial charge in [0.15, 0.2) is 5.76 Å². The summed E-state index contributed by atoms with van der Waals surface area (Å²) in [7, 11) is 0. The topological polar surface area (TPSA) is 70.8 Å². The molecule has 0 saturated carbocycles. The molecule has 1 aliphatic heterocycles. The quantitative estimate of drug-likeness (QED) is 0.890. The fourth-order valence-corrected chi connectivity index (χ4v) is 2.37. The van der Waals surface area contributed by atoms with Gasteiger partial charge in [0.25, 0.3) is 5.91 Å². The van der Waals surface area contributed by atoms with Crippen molar-refractivity contribution in [2.75, 3.05) is 13.1 Å². The lowest BCUT2D eigenvalue weighted by Gasteiger charge is -2.31. The normalized spacial score (nSPS) is 19.8. The van der Waals surface area contributed by atoms with E-state index in [-0.39, 0.29) is 18.2 Å². The second kappa shape index (κ2) is 5.25. The molecule has 1 fully saturated rings. The van der Waals surface area contributed by atoms with Crippen molar-refractivity contribution in [3.63, 3.8) is 0 Å². The third-order valence-corrected chi connectivity index (χ3v) is 3.22. The van der Waals surface area contributed by atoms with Crippen LogP contribution in [0.5, 0.6) is 0 Å². The molecule has 0 bridgehead atoms. The van der Waals surface area contributed by atoms with Crippen LogP contribution in [0, 0.1) is 12.8 Å². The van der Waals surface area contributed by atoms with E-state index in [1.165, 1.54) is 0 Å². The summed E-state index contributed by atoms with van der Waals surface area (Å²) in [5.74, 6) is 0.151. The minimum atomic E-state index is -0.803. The van der Waals surface area contributed by atoms with E-state index >= 15 is 0 Å². The van der Waals surface area contributed by atoms with Gasteiger partial charge in [-0.25, -0.2) is 0 Å². The van der Waals surface area contributed by atoms with E-state index in [0.29, 0.717) is 24.6 Å². The van der Waals surface area contributed by atoms with Gasteiger partial charge in [-0.05, 0) is 37.8 Å². The zero-order valence-corrected chi connectivity index (χ0v) is 10.4. The van der Waals surface area contributed by atoms with Gasteiger partial charge in [0.1, 0.15) is 5.76 Å². The van der Waals surface area contributed by atoms with Crippen molar-refractivity contribution < 1.29 is 19.1 Å². The van der Waals surface area contributed by atoms with Crippen LogP contribution >= 0.6 is 0 Å². The molecule has 1 saturated heterocycles. The van der Waals surface area contributed by atoms with E-state index in [1.807, 2.05) is 0 Å². The van der Waals surface area contributed by atoms with Crippen LogP contribution in [0.2, 0.25) is 0 Å². The molecule has 1 amide bonds. The van der Waals surface area contributed by atoms with Crippen molar-refractivity contribution in [1.29, 1.82) is 0 Å². The highest BCUT2D eigenvalue weighted by Crippen LogP contribution is 2.21. The largest absolute Gasteiger partial charge is 0.481 e. The van der Waals surface area contributed by atoms with Gasteiger partial charge in [0.05, 0.1) is 0 Å². The monoisotopic (exact) mass is 251 g/mol. The summed E-state index contributed by atoms with van der Waals surface area (Å²) in [4.78, 5) is 24.5. The van der Waals surface area contributed by atoms with E-state index < -0.39 is 5.97 Å². The Bertz CT molecular complexity index is 452.